The van der Waals surface area contributed by atoms with Crippen LogP contribution < -0.4 is 36.2 Å². The lowest BCUT2D eigenvalue weighted by Gasteiger charge is -2.37. The standard InChI is InChI=1S/C42H54N6O8S.C28H25ClN6O4S2/c1-7-8-9-10-11-12-21-53-33-18-13-27(2)26-34(33)56-57(51)46-32-16-14-31(15-17-32)38-44-39-35(41(49)54-37-29(4)24-28(3)25-30(37)5)36(43-6)40(48(39)45-38)55-42(50)47-19-22-52-23-20-47;1-16-8-9-17(2)24(12-16)38-41(37)34-22-11-10-18(3)25(14-22)39-40(36)33-21-7-5-6-20(13-21)27-31-28-23(15-30)19(4)26(29)35(28)32-27/h13-18,26,28-30,37,46H,7-12,19-25H2,1-5H3,(H,44,45);5-14,33-34H,1-4H3,(H,31,32). The Morgan fingerprint density at radius 1 is 0.694 bits per heavy atom. The number of rotatable bonds is 25. The minimum absolute atomic E-state index is 0.0763. The summed E-state index contributed by atoms with van der Waals surface area (Å²) in [6, 6.07) is 32.4. The Bertz CT molecular complexity index is 4500. The van der Waals surface area contributed by atoms with E-state index in [0.29, 0.717) is 124 Å². The second kappa shape index (κ2) is 32.8. The van der Waals surface area contributed by atoms with Gasteiger partial charge in [-0.3, -0.25) is 24.4 Å². The number of aromatic amines is 2. The number of carbonyl (C=O) groups is 2. The summed E-state index contributed by atoms with van der Waals surface area (Å²) >= 11 is 0.583. The number of ether oxygens (including phenoxy) is 4. The topological polar surface area (TPSA) is 284 Å². The molecular formula is C70H79ClN12O12S3. The summed E-state index contributed by atoms with van der Waals surface area (Å²) in [6.07, 6.45) is 7.72. The number of amides is 1. The Morgan fingerprint density at radius 3 is 1.94 bits per heavy atom. The van der Waals surface area contributed by atoms with Gasteiger partial charge in [0.15, 0.2) is 34.4 Å². The van der Waals surface area contributed by atoms with E-state index in [1.165, 1.54) is 35.1 Å². The monoisotopic (exact) mass is 1410 g/mol. The smallest absolute Gasteiger partial charge is 0.415 e. The number of hydrogen-bond donors (Lipinski definition) is 5. The highest BCUT2D eigenvalue weighted by Crippen LogP contribution is 2.42. The molecule has 2 aliphatic rings. The van der Waals surface area contributed by atoms with Crippen LogP contribution in [0.1, 0.15) is 123 Å². The maximum absolute atomic E-state index is 14.0. The van der Waals surface area contributed by atoms with Crippen LogP contribution in [0, 0.1) is 70.3 Å². The van der Waals surface area contributed by atoms with Crippen LogP contribution in [0.3, 0.4) is 0 Å². The Hall–Kier alpha value is -9.38. The number of nitrogens with one attached hydrogen (secondary N) is 5. The molecule has 2 fully saturated rings. The maximum atomic E-state index is 14.0. The first-order valence-corrected chi connectivity index (χ1v) is 36.0. The van der Waals surface area contributed by atoms with Crippen LogP contribution in [0.25, 0.3) is 38.9 Å². The fraction of sp³-hybridized carbons (Fsp3) is 0.371. The van der Waals surface area contributed by atoms with Crippen molar-refractivity contribution >= 4 is 91.5 Å². The highest BCUT2D eigenvalue weighted by molar-refractivity contribution is 7.82. The minimum atomic E-state index is -1.96. The van der Waals surface area contributed by atoms with Gasteiger partial charge in [0.25, 0.3) is 5.69 Å². The summed E-state index contributed by atoms with van der Waals surface area (Å²) in [5.74, 6) is 2.50. The largest absolute Gasteiger partial charge is 0.490 e. The summed E-state index contributed by atoms with van der Waals surface area (Å²) < 4.78 is 90.4. The van der Waals surface area contributed by atoms with Crippen LogP contribution in [-0.2, 0) is 43.3 Å². The third kappa shape index (κ3) is 17.5. The number of nitriles is 1. The minimum Gasteiger partial charge on any atom is -0.490 e. The van der Waals surface area contributed by atoms with Crippen molar-refractivity contribution in [1.82, 2.24) is 34.1 Å². The van der Waals surface area contributed by atoms with Crippen molar-refractivity contribution in [3.63, 3.8) is 0 Å². The van der Waals surface area contributed by atoms with Gasteiger partial charge in [-0.05, 0) is 155 Å². The molecular weight excluding hydrogens is 1330 g/mol. The molecule has 0 radical (unpaired) electrons. The van der Waals surface area contributed by atoms with E-state index in [1.54, 1.807) is 78.2 Å². The SMILES string of the molecule is Cc1ccc(C)c(OS(=O)Nc2ccc(C)c(OS(=O)Nc3cccc(-c4nc5c(C#N)c(C)c(Cl)n5[nH]4)c3)c2)c1.[C-]#[N+]c1c(C(=O)OC2C(C)CC(C)CC2C)c2nc(-c3ccc(NS(=O)Oc4cc(C)ccc4OCCCCCCCC)cc3)[nH]n2c1OC(=O)N1CCOCC1. The van der Waals surface area contributed by atoms with Gasteiger partial charge in [-0.15, -0.1) is 0 Å². The summed E-state index contributed by atoms with van der Waals surface area (Å²) in [7, 11) is 0. The number of esters is 1. The molecule has 1 saturated carbocycles. The summed E-state index contributed by atoms with van der Waals surface area (Å²) in [5, 5.41) is 16.1. The summed E-state index contributed by atoms with van der Waals surface area (Å²) in [6.45, 7) is 27.8. The molecule has 9 aromatic rings. The number of aromatic nitrogens is 6. The van der Waals surface area contributed by atoms with Gasteiger partial charge in [-0.25, -0.2) is 33.4 Å². The van der Waals surface area contributed by atoms with Crippen LogP contribution in [-0.4, -0.2) is 97.8 Å². The van der Waals surface area contributed by atoms with E-state index >= 15 is 0 Å². The predicted molar refractivity (Wildman–Crippen MR) is 379 cm³/mol. The van der Waals surface area contributed by atoms with Crippen molar-refractivity contribution in [3.8, 4) is 57.7 Å². The summed E-state index contributed by atoms with van der Waals surface area (Å²) in [4.78, 5) is 41.7. The van der Waals surface area contributed by atoms with Gasteiger partial charge < -0.3 is 36.4 Å². The van der Waals surface area contributed by atoms with Gasteiger partial charge in [0.05, 0.1) is 37.8 Å². The van der Waals surface area contributed by atoms with E-state index < -0.39 is 45.9 Å². The molecule has 0 spiro atoms. The third-order valence-corrected chi connectivity index (χ3v) is 19.5. The number of anilines is 3. The van der Waals surface area contributed by atoms with E-state index in [9.17, 15) is 27.5 Å². The van der Waals surface area contributed by atoms with Crippen molar-refractivity contribution in [1.29, 1.82) is 5.26 Å². The molecule has 5 N–H and O–H groups in total. The maximum Gasteiger partial charge on any atom is 0.415 e. The van der Waals surface area contributed by atoms with Crippen LogP contribution in [0.15, 0.2) is 103 Å². The van der Waals surface area contributed by atoms with Gasteiger partial charge >= 0.3 is 45.9 Å². The van der Waals surface area contributed by atoms with Crippen LogP contribution in [0.4, 0.5) is 27.5 Å². The molecule has 5 atom stereocenters. The van der Waals surface area contributed by atoms with E-state index in [-0.39, 0.29) is 40.7 Å². The average molecular weight is 1410 g/mol. The molecule has 0 bridgehead atoms. The first kappa shape index (κ1) is 71.4. The van der Waals surface area contributed by atoms with Crippen molar-refractivity contribution < 1.29 is 53.7 Å². The Kier molecular flexibility index (Phi) is 23.9. The van der Waals surface area contributed by atoms with Gasteiger partial charge in [0.1, 0.15) is 40.0 Å². The third-order valence-electron chi connectivity index (χ3n) is 16.8. The first-order valence-electron chi connectivity index (χ1n) is 32.3. The zero-order valence-corrected chi connectivity index (χ0v) is 59.2. The lowest BCUT2D eigenvalue weighted by molar-refractivity contribution is -0.0249. The Balaban J connectivity index is 0.000000224. The lowest BCUT2D eigenvalue weighted by atomic mass is 9.75. The molecule has 1 aliphatic carbocycles. The molecule has 11 rings (SSSR count). The van der Waals surface area contributed by atoms with Gasteiger partial charge in [-0.2, -0.15) is 17.9 Å². The normalized spacial score (nSPS) is 16.9. The van der Waals surface area contributed by atoms with Crippen LogP contribution >= 0.6 is 11.6 Å². The van der Waals surface area contributed by atoms with Crippen molar-refractivity contribution in [3.05, 3.63) is 159 Å². The van der Waals surface area contributed by atoms with Crippen LogP contribution in [0.2, 0.25) is 5.15 Å². The first-order chi connectivity index (χ1) is 47.2. The number of halogens is 1. The number of nitrogens with zero attached hydrogens (tertiary/aromatic N) is 7. The summed E-state index contributed by atoms with van der Waals surface area (Å²) in [5.41, 5.74) is 7.65. The number of fused-ring (bicyclic) bond motifs is 2. The average Bonchev–Trinajstić information content (AvgIpc) is 1.60. The zero-order chi connectivity index (χ0) is 69.7. The molecule has 5 unspecified atom stereocenters. The Labute approximate surface area is 582 Å². The highest BCUT2D eigenvalue weighted by atomic mass is 35.5. The molecule has 5 aromatic carbocycles. The predicted octanol–water partition coefficient (Wildman–Crippen LogP) is 15.3. The molecule has 24 nitrogen and oxygen atoms in total. The van der Waals surface area contributed by atoms with Crippen LogP contribution in [0.5, 0.6) is 28.9 Å². The van der Waals surface area contributed by atoms with E-state index in [2.05, 4.69) is 68.0 Å². The molecule has 1 saturated heterocycles. The van der Waals surface area contributed by atoms with Gasteiger partial charge in [0.2, 0.25) is 5.88 Å². The fourth-order valence-electron chi connectivity index (χ4n) is 11.8. The lowest BCUT2D eigenvalue weighted by Crippen LogP contribution is -2.42. The zero-order valence-electron chi connectivity index (χ0n) is 55.9. The second-order valence-corrected chi connectivity index (χ2v) is 27.5. The Morgan fingerprint density at radius 2 is 1.27 bits per heavy atom. The number of hydrogen-bond acceptors (Lipinski definition) is 15. The van der Waals surface area contributed by atoms with E-state index in [4.69, 9.17) is 54.7 Å². The van der Waals surface area contributed by atoms with Crippen molar-refractivity contribution in [2.75, 3.05) is 47.1 Å². The molecule has 28 heteroatoms. The van der Waals surface area contributed by atoms with Gasteiger partial charge in [0, 0.05) is 41.5 Å². The fourth-order valence-corrected chi connectivity index (χ4v) is 14.1. The van der Waals surface area contributed by atoms with Crippen molar-refractivity contribution in [2.45, 2.75) is 120 Å². The number of unbranched alkanes of at least 4 members (excludes halogenated alkanes) is 5. The van der Waals surface area contributed by atoms with Gasteiger partial charge in [-0.1, -0.05) is 108 Å². The number of benzene rings is 5. The molecule has 4 aromatic heterocycles. The second-order valence-electron chi connectivity index (χ2n) is 24.6. The number of aryl methyl sites for hydroxylation is 4. The molecule has 1 aliphatic heterocycles. The van der Waals surface area contributed by atoms with E-state index in [0.717, 1.165) is 47.9 Å². The molecule has 516 valence electrons. The number of H-pyrrole nitrogens is 2. The molecule has 98 heavy (non-hydrogen) atoms. The number of morpholine rings is 1. The quantitative estimate of drug-likeness (QED) is 0.0202. The molecule has 5 heterocycles. The molecule has 1 amide bonds. The van der Waals surface area contributed by atoms with Crippen molar-refractivity contribution in [2.24, 2.45) is 17.8 Å². The highest BCUT2D eigenvalue weighted by Gasteiger charge is 2.38. The number of carbonyl (C=O) groups excluding carboxylic acids is 2. The van der Waals surface area contributed by atoms with E-state index in [1.807, 2.05) is 64.1 Å².